The summed E-state index contributed by atoms with van der Waals surface area (Å²) in [4.78, 5) is 0. The summed E-state index contributed by atoms with van der Waals surface area (Å²) in [6, 6.07) is 0. The van der Waals surface area contributed by atoms with Gasteiger partial charge in [0.2, 0.25) is 0 Å². The molecule has 0 N–H and O–H groups in total. The minimum atomic E-state index is -0.286. The molecule has 0 amide bonds. The van der Waals surface area contributed by atoms with Gasteiger partial charge in [0.25, 0.3) is 0 Å². The minimum absolute atomic E-state index is 0.286. The summed E-state index contributed by atoms with van der Waals surface area (Å²) in [6.45, 7) is 5.91. The van der Waals surface area contributed by atoms with Crippen LogP contribution in [0.15, 0.2) is 0 Å². The first-order chi connectivity index (χ1) is 5.27. The van der Waals surface area contributed by atoms with Gasteiger partial charge in [-0.2, -0.15) is 0 Å². The maximum atomic E-state index is 5.61. The third-order valence-electron chi connectivity index (χ3n) is 2.06. The van der Waals surface area contributed by atoms with E-state index >= 15 is 0 Å². The van der Waals surface area contributed by atoms with Crippen LogP contribution in [0.4, 0.5) is 0 Å². The lowest BCUT2D eigenvalue weighted by atomic mass is 10.2. The molecule has 1 aliphatic rings. The molecule has 1 heterocycles. The summed E-state index contributed by atoms with van der Waals surface area (Å²) < 4.78 is 11.2. The summed E-state index contributed by atoms with van der Waals surface area (Å²) >= 11 is 0. The molecule has 0 bridgehead atoms. The van der Waals surface area contributed by atoms with E-state index in [2.05, 4.69) is 6.92 Å². The van der Waals surface area contributed by atoms with Crippen molar-refractivity contribution in [1.29, 1.82) is 0 Å². The Morgan fingerprint density at radius 2 is 1.73 bits per heavy atom. The van der Waals surface area contributed by atoms with Gasteiger partial charge in [0.15, 0.2) is 5.79 Å². The van der Waals surface area contributed by atoms with E-state index in [1.54, 1.807) is 0 Å². The highest BCUT2D eigenvalue weighted by Crippen LogP contribution is 2.22. The Kier molecular flexibility index (Phi) is 3.34. The Labute approximate surface area is 68.9 Å². The molecule has 1 rings (SSSR count). The van der Waals surface area contributed by atoms with E-state index in [0.29, 0.717) is 0 Å². The number of rotatable bonds is 2. The molecular formula is C9H18O2. The van der Waals surface area contributed by atoms with Crippen molar-refractivity contribution in [3.63, 3.8) is 0 Å². The van der Waals surface area contributed by atoms with Crippen molar-refractivity contribution >= 4 is 0 Å². The molecular weight excluding hydrogens is 140 g/mol. The van der Waals surface area contributed by atoms with Crippen LogP contribution in [0.5, 0.6) is 0 Å². The van der Waals surface area contributed by atoms with Gasteiger partial charge in [0, 0.05) is 6.42 Å². The summed E-state index contributed by atoms with van der Waals surface area (Å²) in [5, 5.41) is 0. The molecule has 0 spiro atoms. The average Bonchev–Trinajstić information content (AvgIpc) is 2.15. The molecule has 0 aliphatic carbocycles. The maximum absolute atomic E-state index is 5.61. The van der Waals surface area contributed by atoms with Crippen molar-refractivity contribution in [3.05, 3.63) is 0 Å². The fourth-order valence-corrected chi connectivity index (χ4v) is 1.42. The van der Waals surface area contributed by atoms with E-state index in [1.807, 2.05) is 6.92 Å². The molecule has 0 aromatic carbocycles. The average molecular weight is 158 g/mol. The first-order valence-corrected chi connectivity index (χ1v) is 4.55. The van der Waals surface area contributed by atoms with Gasteiger partial charge in [-0.1, -0.05) is 13.3 Å². The van der Waals surface area contributed by atoms with Crippen molar-refractivity contribution in [1.82, 2.24) is 0 Å². The largest absolute Gasteiger partial charge is 0.350 e. The fraction of sp³-hybridized carbons (Fsp3) is 1.00. The lowest BCUT2D eigenvalue weighted by Crippen LogP contribution is -2.31. The number of hydrogen-bond acceptors (Lipinski definition) is 2. The molecule has 0 radical (unpaired) electrons. The van der Waals surface area contributed by atoms with Crippen LogP contribution >= 0.6 is 0 Å². The van der Waals surface area contributed by atoms with Gasteiger partial charge in [-0.15, -0.1) is 0 Å². The minimum Gasteiger partial charge on any atom is -0.350 e. The molecule has 0 aromatic rings. The van der Waals surface area contributed by atoms with Crippen LogP contribution in [0.3, 0.4) is 0 Å². The third kappa shape index (κ3) is 2.80. The van der Waals surface area contributed by atoms with E-state index in [4.69, 9.17) is 9.47 Å². The summed E-state index contributed by atoms with van der Waals surface area (Å²) in [7, 11) is 0. The lowest BCUT2D eigenvalue weighted by molar-refractivity contribution is -0.216. The van der Waals surface area contributed by atoms with Crippen LogP contribution in [0.2, 0.25) is 0 Å². The van der Waals surface area contributed by atoms with Gasteiger partial charge in [-0.25, -0.2) is 0 Å². The van der Waals surface area contributed by atoms with Gasteiger partial charge >= 0.3 is 0 Å². The molecule has 0 saturated carbocycles. The summed E-state index contributed by atoms with van der Waals surface area (Å²) in [5.74, 6) is -0.286. The second-order valence-electron chi connectivity index (χ2n) is 3.29. The van der Waals surface area contributed by atoms with E-state index in [0.717, 1.165) is 38.9 Å². The van der Waals surface area contributed by atoms with Crippen LogP contribution in [0, 0.1) is 0 Å². The number of ether oxygens (including phenoxy) is 2. The molecule has 11 heavy (non-hydrogen) atoms. The van der Waals surface area contributed by atoms with Crippen molar-refractivity contribution in [3.8, 4) is 0 Å². The van der Waals surface area contributed by atoms with E-state index in [-0.39, 0.29) is 5.79 Å². The van der Waals surface area contributed by atoms with Crippen molar-refractivity contribution in [2.45, 2.75) is 45.3 Å². The van der Waals surface area contributed by atoms with Crippen LogP contribution in [0.25, 0.3) is 0 Å². The summed E-state index contributed by atoms with van der Waals surface area (Å²) in [5.41, 5.74) is 0. The quantitative estimate of drug-likeness (QED) is 0.614. The summed E-state index contributed by atoms with van der Waals surface area (Å²) in [6.07, 6.45) is 4.40. The predicted molar refractivity (Wildman–Crippen MR) is 44.5 cm³/mol. The molecule has 2 heteroatoms. The Balaban J connectivity index is 2.38. The Morgan fingerprint density at radius 3 is 2.18 bits per heavy atom. The highest BCUT2D eigenvalue weighted by atomic mass is 16.7. The Bertz CT molecular complexity index is 104. The molecule has 1 fully saturated rings. The third-order valence-corrected chi connectivity index (χ3v) is 2.06. The second-order valence-corrected chi connectivity index (χ2v) is 3.29. The zero-order valence-corrected chi connectivity index (χ0v) is 7.56. The lowest BCUT2D eigenvalue weighted by Gasteiger charge is -2.27. The van der Waals surface area contributed by atoms with Crippen molar-refractivity contribution in [2.75, 3.05) is 13.2 Å². The van der Waals surface area contributed by atoms with Crippen LogP contribution in [-0.2, 0) is 9.47 Å². The molecule has 1 saturated heterocycles. The highest BCUT2D eigenvalue weighted by molar-refractivity contribution is 4.64. The Morgan fingerprint density at radius 1 is 1.18 bits per heavy atom. The fourth-order valence-electron chi connectivity index (χ4n) is 1.42. The van der Waals surface area contributed by atoms with Gasteiger partial charge in [-0.05, 0) is 19.8 Å². The predicted octanol–water partition coefficient (Wildman–Crippen LogP) is 2.33. The van der Waals surface area contributed by atoms with Crippen molar-refractivity contribution < 1.29 is 9.47 Å². The number of hydrogen-bond donors (Lipinski definition) is 0. The molecule has 66 valence electrons. The molecule has 1 aliphatic heterocycles. The van der Waals surface area contributed by atoms with Gasteiger partial charge in [0.1, 0.15) is 0 Å². The normalized spacial score (nSPS) is 24.5. The zero-order valence-electron chi connectivity index (χ0n) is 7.56. The van der Waals surface area contributed by atoms with Gasteiger partial charge < -0.3 is 9.47 Å². The van der Waals surface area contributed by atoms with Crippen LogP contribution in [0.1, 0.15) is 39.5 Å². The SMILES string of the molecule is CCCC1(C)OCCCCO1. The molecule has 2 nitrogen and oxygen atoms in total. The van der Waals surface area contributed by atoms with E-state index < -0.39 is 0 Å². The van der Waals surface area contributed by atoms with Crippen LogP contribution in [-0.4, -0.2) is 19.0 Å². The Hall–Kier alpha value is -0.0800. The maximum Gasteiger partial charge on any atom is 0.165 e. The first-order valence-electron chi connectivity index (χ1n) is 4.55. The van der Waals surface area contributed by atoms with Crippen LogP contribution < -0.4 is 0 Å². The monoisotopic (exact) mass is 158 g/mol. The first kappa shape index (κ1) is 9.01. The van der Waals surface area contributed by atoms with E-state index in [1.165, 1.54) is 0 Å². The molecule has 0 aromatic heterocycles. The molecule has 0 atom stereocenters. The van der Waals surface area contributed by atoms with Gasteiger partial charge in [-0.3, -0.25) is 0 Å². The zero-order chi connectivity index (χ0) is 8.16. The molecule has 0 unspecified atom stereocenters. The topological polar surface area (TPSA) is 18.5 Å². The smallest absolute Gasteiger partial charge is 0.165 e. The highest BCUT2D eigenvalue weighted by Gasteiger charge is 2.25. The van der Waals surface area contributed by atoms with Gasteiger partial charge in [0.05, 0.1) is 13.2 Å². The van der Waals surface area contributed by atoms with Crippen molar-refractivity contribution in [2.24, 2.45) is 0 Å². The van der Waals surface area contributed by atoms with E-state index in [9.17, 15) is 0 Å². The second kappa shape index (κ2) is 4.07. The standard InChI is InChI=1S/C9H18O2/c1-3-6-9(2)10-7-4-5-8-11-9/h3-8H2,1-2H3.